The number of nitrogens with one attached hydrogen (secondary N) is 1. The summed E-state index contributed by atoms with van der Waals surface area (Å²) in [6, 6.07) is 2.95. The van der Waals surface area contributed by atoms with E-state index in [0.29, 0.717) is 16.8 Å². The molecule has 104 valence electrons. The summed E-state index contributed by atoms with van der Waals surface area (Å²) in [5, 5.41) is 14.2. The fourth-order valence-electron chi connectivity index (χ4n) is 5.09. The monoisotopic (exact) mass is 285 g/mol. The van der Waals surface area contributed by atoms with E-state index < -0.39 is 0 Å². The quantitative estimate of drug-likeness (QED) is 0.893. The molecule has 5 rings (SSSR count). The molecular weight excluding hydrogens is 266 g/mol. The lowest BCUT2D eigenvalue weighted by Crippen LogP contribution is -2.12. The Morgan fingerprint density at radius 2 is 1.85 bits per heavy atom. The predicted octanol–water partition coefficient (Wildman–Crippen LogP) is 3.54. The molecule has 20 heavy (non-hydrogen) atoms. The molecule has 0 radical (unpaired) electrons. The normalized spacial score (nSPS) is 40.5. The highest BCUT2D eigenvalue weighted by atomic mass is 32.1. The van der Waals surface area contributed by atoms with Gasteiger partial charge in [0.2, 0.25) is 0 Å². The average Bonchev–Trinajstić information content (AvgIpc) is 3.30. The number of nitrogens with zero attached hydrogens (tertiary/aromatic N) is 1. The zero-order chi connectivity index (χ0) is 13.4. The number of fused-ring (bicyclic) bond motifs is 5. The Balaban J connectivity index is 1.44. The Bertz CT molecular complexity index is 608. The van der Waals surface area contributed by atoms with E-state index in [4.69, 9.17) is 5.73 Å². The van der Waals surface area contributed by atoms with Gasteiger partial charge in [-0.2, -0.15) is 5.26 Å². The van der Waals surface area contributed by atoms with Gasteiger partial charge >= 0.3 is 0 Å². The first-order valence-corrected chi connectivity index (χ1v) is 8.68. The molecule has 4 heteroatoms. The first kappa shape index (κ1) is 11.4. The third kappa shape index (κ3) is 1.39. The maximum atomic E-state index is 9.22. The summed E-state index contributed by atoms with van der Waals surface area (Å²) in [5.74, 6) is 4.44. The summed E-state index contributed by atoms with van der Waals surface area (Å²) in [7, 11) is 0. The van der Waals surface area contributed by atoms with Crippen molar-refractivity contribution in [2.75, 3.05) is 11.1 Å². The van der Waals surface area contributed by atoms with Crippen LogP contribution in [0.2, 0.25) is 0 Å². The van der Waals surface area contributed by atoms with Crippen molar-refractivity contribution >= 4 is 22.0 Å². The summed E-state index contributed by atoms with van der Waals surface area (Å²) >= 11 is 1.59. The van der Waals surface area contributed by atoms with Gasteiger partial charge in [0.1, 0.15) is 10.9 Å². The minimum Gasteiger partial charge on any atom is -0.397 e. The fraction of sp³-hybridized carbons (Fsp3) is 0.688. The van der Waals surface area contributed by atoms with Crippen molar-refractivity contribution in [2.45, 2.75) is 44.1 Å². The molecule has 4 saturated carbocycles. The van der Waals surface area contributed by atoms with Gasteiger partial charge in [0, 0.05) is 11.6 Å². The second-order valence-corrected chi connectivity index (χ2v) is 8.15. The van der Waals surface area contributed by atoms with Crippen LogP contribution < -0.4 is 11.1 Å². The van der Waals surface area contributed by atoms with Crippen molar-refractivity contribution in [3.05, 3.63) is 10.4 Å². The van der Waals surface area contributed by atoms with Crippen molar-refractivity contribution in [3.8, 4) is 6.07 Å². The summed E-state index contributed by atoms with van der Waals surface area (Å²) in [6.45, 7) is 0. The third-order valence-corrected chi connectivity index (χ3v) is 7.16. The number of anilines is 2. The minimum atomic E-state index is 0.617. The van der Waals surface area contributed by atoms with Crippen molar-refractivity contribution in [1.29, 1.82) is 5.26 Å². The van der Waals surface area contributed by atoms with E-state index in [1.54, 1.807) is 11.3 Å². The lowest BCUT2D eigenvalue weighted by Gasteiger charge is -2.12. The van der Waals surface area contributed by atoms with Crippen LogP contribution in [-0.2, 0) is 0 Å². The molecule has 4 aliphatic carbocycles. The Kier molecular flexibility index (Phi) is 2.12. The number of nitrogen functional groups attached to an aromatic ring is 1. The van der Waals surface area contributed by atoms with E-state index in [9.17, 15) is 5.26 Å². The smallest absolute Gasteiger partial charge is 0.130 e. The second kappa shape index (κ2) is 3.71. The van der Waals surface area contributed by atoms with Crippen LogP contribution in [-0.4, -0.2) is 6.04 Å². The number of nitriles is 1. The summed E-state index contributed by atoms with van der Waals surface area (Å²) < 4.78 is 0. The molecule has 4 fully saturated rings. The van der Waals surface area contributed by atoms with Crippen molar-refractivity contribution < 1.29 is 0 Å². The van der Waals surface area contributed by atoms with Crippen LogP contribution in [0.25, 0.3) is 0 Å². The number of hydrogen-bond donors (Lipinski definition) is 2. The molecule has 2 bridgehead atoms. The predicted molar refractivity (Wildman–Crippen MR) is 80.6 cm³/mol. The highest BCUT2D eigenvalue weighted by Crippen LogP contribution is 2.67. The van der Waals surface area contributed by atoms with Gasteiger partial charge < -0.3 is 11.1 Å². The molecule has 3 nitrogen and oxygen atoms in total. The van der Waals surface area contributed by atoms with Gasteiger partial charge in [-0.3, -0.25) is 0 Å². The number of hydrogen-bond acceptors (Lipinski definition) is 4. The highest BCUT2D eigenvalue weighted by molar-refractivity contribution is 7.17. The molecule has 0 amide bonds. The van der Waals surface area contributed by atoms with Crippen LogP contribution in [0.3, 0.4) is 0 Å². The largest absolute Gasteiger partial charge is 0.397 e. The number of nitrogens with two attached hydrogens (primary N) is 1. The van der Waals surface area contributed by atoms with Crippen LogP contribution in [0.4, 0.5) is 10.7 Å². The lowest BCUT2D eigenvalue weighted by atomic mass is 10.0. The van der Waals surface area contributed by atoms with Crippen LogP contribution in [0, 0.1) is 35.0 Å². The SMILES string of the molecule is N#Cc1sc(NC2C3C4CCC(C4)C23)c(C2CC2)c1N. The molecule has 1 aromatic heterocycles. The van der Waals surface area contributed by atoms with Gasteiger partial charge in [-0.25, -0.2) is 0 Å². The maximum Gasteiger partial charge on any atom is 0.130 e. The zero-order valence-corrected chi connectivity index (χ0v) is 12.2. The summed E-state index contributed by atoms with van der Waals surface area (Å²) in [5.41, 5.74) is 8.21. The van der Waals surface area contributed by atoms with Gasteiger partial charge in [-0.1, -0.05) is 0 Å². The first-order valence-electron chi connectivity index (χ1n) is 7.86. The molecule has 1 heterocycles. The molecule has 0 saturated heterocycles. The molecule has 4 unspecified atom stereocenters. The van der Waals surface area contributed by atoms with E-state index >= 15 is 0 Å². The standard InChI is InChI=1S/C16H19N3S/c17-6-10-14(18)13(7-1-2-7)16(20-10)19-15-11-8-3-4-9(5-8)12(11)15/h7-9,11-12,15,19H,1-5,18H2. The van der Waals surface area contributed by atoms with Crippen molar-refractivity contribution in [3.63, 3.8) is 0 Å². The molecule has 0 aromatic carbocycles. The fourth-order valence-corrected chi connectivity index (χ4v) is 6.15. The van der Waals surface area contributed by atoms with Crippen LogP contribution >= 0.6 is 11.3 Å². The molecule has 0 aliphatic heterocycles. The molecule has 3 N–H and O–H groups in total. The van der Waals surface area contributed by atoms with Gasteiger partial charge in [-0.15, -0.1) is 11.3 Å². The lowest BCUT2D eigenvalue weighted by molar-refractivity contribution is 0.456. The Hall–Kier alpha value is -1.21. The van der Waals surface area contributed by atoms with Gasteiger partial charge in [0.25, 0.3) is 0 Å². The maximum absolute atomic E-state index is 9.22. The molecule has 0 spiro atoms. The Morgan fingerprint density at radius 1 is 1.15 bits per heavy atom. The number of thiophene rings is 1. The van der Waals surface area contributed by atoms with E-state index in [0.717, 1.165) is 29.4 Å². The van der Waals surface area contributed by atoms with Gasteiger partial charge in [0.15, 0.2) is 0 Å². The van der Waals surface area contributed by atoms with Crippen molar-refractivity contribution in [1.82, 2.24) is 0 Å². The zero-order valence-electron chi connectivity index (χ0n) is 11.4. The van der Waals surface area contributed by atoms with Crippen LogP contribution in [0.15, 0.2) is 0 Å². The van der Waals surface area contributed by atoms with Gasteiger partial charge in [0.05, 0.1) is 10.7 Å². The van der Waals surface area contributed by atoms with E-state index in [2.05, 4.69) is 11.4 Å². The molecular formula is C16H19N3S. The van der Waals surface area contributed by atoms with E-state index in [1.807, 2.05) is 0 Å². The highest BCUT2D eigenvalue weighted by Gasteiger charge is 2.65. The van der Waals surface area contributed by atoms with Crippen LogP contribution in [0.5, 0.6) is 0 Å². The minimum absolute atomic E-state index is 0.617. The first-order chi connectivity index (χ1) is 9.78. The Labute approximate surface area is 123 Å². The average molecular weight is 285 g/mol. The molecule has 4 atom stereocenters. The van der Waals surface area contributed by atoms with E-state index in [1.165, 1.54) is 42.7 Å². The topological polar surface area (TPSA) is 61.8 Å². The Morgan fingerprint density at radius 3 is 2.45 bits per heavy atom. The summed E-state index contributed by atoms with van der Waals surface area (Å²) in [4.78, 5) is 0.711. The number of rotatable bonds is 3. The third-order valence-electron chi connectivity index (χ3n) is 6.10. The molecule has 1 aromatic rings. The van der Waals surface area contributed by atoms with Crippen molar-refractivity contribution in [2.24, 2.45) is 23.7 Å². The van der Waals surface area contributed by atoms with Gasteiger partial charge in [-0.05, 0) is 61.7 Å². The van der Waals surface area contributed by atoms with E-state index in [-0.39, 0.29) is 0 Å². The summed E-state index contributed by atoms with van der Waals surface area (Å²) in [6.07, 6.45) is 6.87. The second-order valence-electron chi connectivity index (χ2n) is 7.13. The van der Waals surface area contributed by atoms with Crippen LogP contribution in [0.1, 0.15) is 48.5 Å². The molecule has 4 aliphatic rings.